The van der Waals surface area contributed by atoms with Gasteiger partial charge in [-0.25, -0.2) is 0 Å². The van der Waals surface area contributed by atoms with Crippen molar-refractivity contribution in [3.8, 4) is 0 Å². The largest absolute Gasteiger partial charge is 0.469 e. The third-order valence-electron chi connectivity index (χ3n) is 4.47. The SMILES string of the molecule is CCCCC(C(=O)OC)C1(O)CCc2cc(Br)ccc2C1. The van der Waals surface area contributed by atoms with Crippen molar-refractivity contribution in [2.24, 2.45) is 5.92 Å². The second-order valence-electron chi connectivity index (χ2n) is 5.91. The van der Waals surface area contributed by atoms with E-state index in [-0.39, 0.29) is 5.97 Å². The van der Waals surface area contributed by atoms with E-state index < -0.39 is 11.5 Å². The lowest BCUT2D eigenvalue weighted by Crippen LogP contribution is -2.47. The van der Waals surface area contributed by atoms with Crippen LogP contribution < -0.4 is 0 Å². The van der Waals surface area contributed by atoms with Crippen LogP contribution in [0.2, 0.25) is 0 Å². The lowest BCUT2D eigenvalue weighted by atomic mass is 9.71. The summed E-state index contributed by atoms with van der Waals surface area (Å²) in [4.78, 5) is 12.1. The zero-order valence-electron chi connectivity index (χ0n) is 12.7. The number of carbonyl (C=O) groups excluding carboxylic acids is 1. The number of aryl methyl sites for hydroxylation is 1. The molecular formula is C17H23BrO3. The van der Waals surface area contributed by atoms with Crippen molar-refractivity contribution in [2.45, 2.75) is 51.0 Å². The van der Waals surface area contributed by atoms with Crippen LogP contribution in [-0.2, 0) is 22.4 Å². The summed E-state index contributed by atoms with van der Waals surface area (Å²) in [6.45, 7) is 2.09. The summed E-state index contributed by atoms with van der Waals surface area (Å²) in [6.07, 6.45) is 4.55. The number of hydrogen-bond acceptors (Lipinski definition) is 3. The fourth-order valence-electron chi connectivity index (χ4n) is 3.22. The number of aliphatic hydroxyl groups is 1. The van der Waals surface area contributed by atoms with E-state index in [0.29, 0.717) is 19.3 Å². The van der Waals surface area contributed by atoms with E-state index in [9.17, 15) is 9.90 Å². The van der Waals surface area contributed by atoms with Gasteiger partial charge >= 0.3 is 5.97 Å². The first kappa shape index (κ1) is 16.5. The minimum atomic E-state index is -0.983. The smallest absolute Gasteiger partial charge is 0.311 e. The Bertz CT molecular complexity index is 515. The Hall–Kier alpha value is -0.870. The molecule has 0 saturated carbocycles. The van der Waals surface area contributed by atoms with Crippen molar-refractivity contribution in [2.75, 3.05) is 7.11 Å². The molecule has 0 amide bonds. The van der Waals surface area contributed by atoms with E-state index >= 15 is 0 Å². The highest BCUT2D eigenvalue weighted by Crippen LogP contribution is 2.37. The minimum Gasteiger partial charge on any atom is -0.469 e. The highest BCUT2D eigenvalue weighted by Gasteiger charge is 2.43. The molecule has 0 aliphatic heterocycles. The summed E-state index contributed by atoms with van der Waals surface area (Å²) in [5.74, 6) is -0.717. The molecule has 2 unspecified atom stereocenters. The Kier molecular flexibility index (Phi) is 5.44. The first-order valence-corrected chi connectivity index (χ1v) is 8.37. The molecule has 0 spiro atoms. The minimum absolute atomic E-state index is 0.286. The molecule has 0 fully saturated rings. The maximum atomic E-state index is 12.1. The van der Waals surface area contributed by atoms with E-state index in [2.05, 4.69) is 28.9 Å². The van der Waals surface area contributed by atoms with Gasteiger partial charge in [0.1, 0.15) is 0 Å². The summed E-state index contributed by atoms with van der Waals surface area (Å²) in [6, 6.07) is 6.13. The molecule has 0 saturated heterocycles. The number of ether oxygens (including phenoxy) is 1. The molecule has 2 rings (SSSR count). The van der Waals surface area contributed by atoms with Gasteiger partial charge in [-0.15, -0.1) is 0 Å². The average molecular weight is 355 g/mol. The lowest BCUT2D eigenvalue weighted by molar-refractivity contribution is -0.157. The number of rotatable bonds is 5. The Morgan fingerprint density at radius 3 is 2.90 bits per heavy atom. The number of hydrogen-bond donors (Lipinski definition) is 1. The number of halogens is 1. The molecule has 3 nitrogen and oxygen atoms in total. The van der Waals surface area contributed by atoms with Gasteiger partial charge in [0, 0.05) is 10.9 Å². The number of esters is 1. The van der Waals surface area contributed by atoms with Gasteiger partial charge in [-0.1, -0.05) is 41.8 Å². The van der Waals surface area contributed by atoms with Gasteiger partial charge in [0.25, 0.3) is 0 Å². The van der Waals surface area contributed by atoms with E-state index in [0.717, 1.165) is 29.3 Å². The van der Waals surface area contributed by atoms with Crippen molar-refractivity contribution in [1.29, 1.82) is 0 Å². The predicted octanol–water partition coefficient (Wildman–Crippen LogP) is 3.65. The quantitative estimate of drug-likeness (QED) is 0.821. The van der Waals surface area contributed by atoms with Crippen molar-refractivity contribution < 1.29 is 14.6 Å². The van der Waals surface area contributed by atoms with Crippen molar-refractivity contribution in [3.63, 3.8) is 0 Å². The third-order valence-corrected chi connectivity index (χ3v) is 4.97. The molecule has 1 aromatic rings. The van der Waals surface area contributed by atoms with Gasteiger partial charge in [0.15, 0.2) is 0 Å². The molecule has 1 N–H and O–H groups in total. The topological polar surface area (TPSA) is 46.5 Å². The molecule has 1 aliphatic rings. The van der Waals surface area contributed by atoms with E-state index in [1.165, 1.54) is 12.7 Å². The number of methoxy groups -OCH3 is 1. The van der Waals surface area contributed by atoms with E-state index in [4.69, 9.17) is 4.74 Å². The average Bonchev–Trinajstić information content (AvgIpc) is 2.47. The molecule has 0 radical (unpaired) electrons. The zero-order chi connectivity index (χ0) is 15.5. The summed E-state index contributed by atoms with van der Waals surface area (Å²) < 4.78 is 5.99. The second-order valence-corrected chi connectivity index (χ2v) is 6.83. The first-order chi connectivity index (χ1) is 10.00. The molecule has 0 heterocycles. The number of fused-ring (bicyclic) bond motifs is 1. The molecule has 0 aromatic heterocycles. The summed E-state index contributed by atoms with van der Waals surface area (Å²) >= 11 is 3.48. The number of unbranched alkanes of at least 4 members (excludes halogenated alkanes) is 1. The van der Waals surface area contributed by atoms with Gasteiger partial charge in [-0.05, 0) is 42.5 Å². The van der Waals surface area contributed by atoms with Crippen LogP contribution in [0.15, 0.2) is 22.7 Å². The van der Waals surface area contributed by atoms with Gasteiger partial charge < -0.3 is 9.84 Å². The fraction of sp³-hybridized carbons (Fsp3) is 0.588. The van der Waals surface area contributed by atoms with Crippen LogP contribution >= 0.6 is 15.9 Å². The monoisotopic (exact) mass is 354 g/mol. The predicted molar refractivity (Wildman–Crippen MR) is 86.1 cm³/mol. The number of benzene rings is 1. The van der Waals surface area contributed by atoms with Gasteiger partial charge in [-0.2, -0.15) is 0 Å². The Morgan fingerprint density at radius 1 is 1.48 bits per heavy atom. The molecular weight excluding hydrogens is 332 g/mol. The zero-order valence-corrected chi connectivity index (χ0v) is 14.3. The van der Waals surface area contributed by atoms with Crippen molar-refractivity contribution in [3.05, 3.63) is 33.8 Å². The van der Waals surface area contributed by atoms with Crippen LogP contribution in [0.3, 0.4) is 0 Å². The van der Waals surface area contributed by atoms with Crippen molar-refractivity contribution >= 4 is 21.9 Å². The maximum Gasteiger partial charge on any atom is 0.311 e. The van der Waals surface area contributed by atoms with E-state index in [1.54, 1.807) is 0 Å². The van der Waals surface area contributed by atoms with Gasteiger partial charge in [-0.3, -0.25) is 4.79 Å². The molecule has 0 bridgehead atoms. The van der Waals surface area contributed by atoms with Crippen LogP contribution in [0, 0.1) is 5.92 Å². The summed E-state index contributed by atoms with van der Waals surface area (Å²) in [5, 5.41) is 11.1. The van der Waals surface area contributed by atoms with Crippen LogP contribution in [0.5, 0.6) is 0 Å². The van der Waals surface area contributed by atoms with Crippen LogP contribution in [0.4, 0.5) is 0 Å². The van der Waals surface area contributed by atoms with Crippen LogP contribution in [0.1, 0.15) is 43.7 Å². The third kappa shape index (κ3) is 3.67. The second kappa shape index (κ2) is 6.93. The Balaban J connectivity index is 2.24. The highest BCUT2D eigenvalue weighted by molar-refractivity contribution is 9.10. The molecule has 4 heteroatoms. The maximum absolute atomic E-state index is 12.1. The molecule has 1 aliphatic carbocycles. The van der Waals surface area contributed by atoms with Gasteiger partial charge in [0.2, 0.25) is 0 Å². The summed E-state index contributed by atoms with van der Waals surface area (Å²) in [5.41, 5.74) is 1.41. The van der Waals surface area contributed by atoms with E-state index in [1.807, 2.05) is 12.1 Å². The Morgan fingerprint density at radius 2 is 2.24 bits per heavy atom. The number of carbonyl (C=O) groups is 1. The van der Waals surface area contributed by atoms with Gasteiger partial charge in [0.05, 0.1) is 18.6 Å². The molecule has 116 valence electrons. The van der Waals surface area contributed by atoms with Crippen LogP contribution in [-0.4, -0.2) is 23.8 Å². The first-order valence-electron chi connectivity index (χ1n) is 7.57. The standard InChI is InChI=1S/C17H23BrO3/c1-3-4-5-15(16(19)21-2)17(20)9-8-12-10-14(18)7-6-13(12)11-17/h6-7,10,15,20H,3-5,8-9,11H2,1-2H3. The lowest BCUT2D eigenvalue weighted by Gasteiger charge is -2.38. The van der Waals surface area contributed by atoms with Crippen LogP contribution in [0.25, 0.3) is 0 Å². The highest BCUT2D eigenvalue weighted by atomic mass is 79.9. The molecule has 21 heavy (non-hydrogen) atoms. The normalized spacial score (nSPS) is 22.5. The summed E-state index contributed by atoms with van der Waals surface area (Å²) in [7, 11) is 1.40. The van der Waals surface area contributed by atoms with Crippen molar-refractivity contribution in [1.82, 2.24) is 0 Å². The fourth-order valence-corrected chi connectivity index (χ4v) is 3.63. The molecule has 1 aromatic carbocycles. The molecule has 2 atom stereocenters. The Labute approximate surface area is 134 Å².